The van der Waals surface area contributed by atoms with E-state index in [-0.39, 0.29) is 5.91 Å². The molecule has 0 saturated carbocycles. The van der Waals surface area contributed by atoms with Crippen LogP contribution >= 0.6 is 12.2 Å². The summed E-state index contributed by atoms with van der Waals surface area (Å²) in [4.78, 5) is 14.8. The largest absolute Gasteiger partial charge is 0.352 e. The van der Waals surface area contributed by atoms with Gasteiger partial charge in [0.1, 0.15) is 4.64 Å². The van der Waals surface area contributed by atoms with Crippen LogP contribution in [0, 0.1) is 11.6 Å². The molecule has 1 aromatic heterocycles. The van der Waals surface area contributed by atoms with Crippen LogP contribution in [0.5, 0.6) is 0 Å². The first kappa shape index (κ1) is 12.5. The van der Waals surface area contributed by atoms with Crippen LogP contribution in [0.4, 0.5) is 0 Å². The zero-order valence-electron chi connectivity index (χ0n) is 10.1. The molecule has 1 heterocycles. The Kier molecular flexibility index (Phi) is 3.89. The third-order valence-corrected chi connectivity index (χ3v) is 2.94. The summed E-state index contributed by atoms with van der Waals surface area (Å²) in [7, 11) is 0. The lowest BCUT2D eigenvalue weighted by Gasteiger charge is -2.06. The number of hydrogen-bond donors (Lipinski definition) is 2. The normalized spacial score (nSPS) is 10.1. The zero-order chi connectivity index (χ0) is 13.0. The number of aromatic amines is 1. The molecule has 0 aliphatic heterocycles. The van der Waals surface area contributed by atoms with Gasteiger partial charge in [-0.15, -0.1) is 0 Å². The fraction of sp³-hybridized carbons (Fsp3) is 0.143. The van der Waals surface area contributed by atoms with Crippen molar-refractivity contribution in [3.05, 3.63) is 63.9 Å². The monoisotopic (exact) mass is 258 g/mol. The van der Waals surface area contributed by atoms with Crippen molar-refractivity contribution in [3.8, 4) is 0 Å². The summed E-state index contributed by atoms with van der Waals surface area (Å²) in [6, 6.07) is 11.5. The van der Waals surface area contributed by atoms with Gasteiger partial charge in [0.25, 0.3) is 5.91 Å². The van der Waals surface area contributed by atoms with E-state index in [0.29, 0.717) is 16.7 Å². The van der Waals surface area contributed by atoms with Crippen molar-refractivity contribution in [2.45, 2.75) is 13.5 Å². The number of benzene rings is 1. The Morgan fingerprint density at radius 3 is 2.89 bits per heavy atom. The van der Waals surface area contributed by atoms with Crippen LogP contribution in [0.3, 0.4) is 0 Å². The molecule has 1 aromatic carbocycles. The molecule has 2 rings (SSSR count). The Balaban J connectivity index is 2.05. The average molecular weight is 258 g/mol. The Hall–Kier alpha value is -1.94. The van der Waals surface area contributed by atoms with Gasteiger partial charge in [-0.05, 0) is 24.6 Å². The molecule has 0 unspecified atom stereocenters. The van der Waals surface area contributed by atoms with Crippen LogP contribution in [0.25, 0.3) is 0 Å². The predicted molar refractivity (Wildman–Crippen MR) is 74.0 cm³/mol. The number of carbonyl (C=O) groups is 1. The summed E-state index contributed by atoms with van der Waals surface area (Å²) < 4.78 is 0.458. The molecule has 0 aliphatic rings. The van der Waals surface area contributed by atoms with Crippen LogP contribution in [-0.4, -0.2) is 10.9 Å². The first-order chi connectivity index (χ1) is 8.66. The van der Waals surface area contributed by atoms with Crippen molar-refractivity contribution in [2.75, 3.05) is 0 Å². The summed E-state index contributed by atoms with van der Waals surface area (Å²) in [5, 5.41) is 2.86. The number of aryl methyl sites for hydroxylation is 1. The first-order valence-electron chi connectivity index (χ1n) is 5.68. The number of aromatic nitrogens is 1. The molecule has 0 fully saturated rings. The van der Waals surface area contributed by atoms with E-state index in [1.807, 2.05) is 31.2 Å². The summed E-state index contributed by atoms with van der Waals surface area (Å²) in [5.41, 5.74) is 2.76. The highest BCUT2D eigenvalue weighted by molar-refractivity contribution is 7.71. The van der Waals surface area contributed by atoms with E-state index in [4.69, 9.17) is 12.2 Å². The molecule has 1 amide bonds. The van der Waals surface area contributed by atoms with Gasteiger partial charge in [-0.25, -0.2) is 0 Å². The minimum absolute atomic E-state index is 0.154. The third kappa shape index (κ3) is 3.05. The number of hydrogen-bond acceptors (Lipinski definition) is 2. The number of rotatable bonds is 3. The van der Waals surface area contributed by atoms with E-state index in [0.717, 1.165) is 5.56 Å². The maximum atomic E-state index is 11.9. The first-order valence-corrected chi connectivity index (χ1v) is 6.09. The Bertz CT molecular complexity index is 619. The molecule has 0 atom stereocenters. The van der Waals surface area contributed by atoms with Gasteiger partial charge < -0.3 is 10.3 Å². The van der Waals surface area contributed by atoms with Gasteiger partial charge >= 0.3 is 0 Å². The molecule has 0 saturated heterocycles. The average Bonchev–Trinajstić information content (AvgIpc) is 2.37. The lowest BCUT2D eigenvalue weighted by molar-refractivity contribution is 0.0950. The molecule has 2 aromatic rings. The highest BCUT2D eigenvalue weighted by atomic mass is 32.1. The highest BCUT2D eigenvalue weighted by Gasteiger charge is 2.06. The van der Waals surface area contributed by atoms with Crippen LogP contribution in [0.2, 0.25) is 0 Å². The second kappa shape index (κ2) is 5.60. The van der Waals surface area contributed by atoms with E-state index in [1.165, 1.54) is 5.56 Å². The van der Waals surface area contributed by atoms with Crippen molar-refractivity contribution in [1.29, 1.82) is 0 Å². The second-order valence-corrected chi connectivity index (χ2v) is 4.49. The van der Waals surface area contributed by atoms with Gasteiger partial charge in [-0.2, -0.15) is 0 Å². The molecule has 0 bridgehead atoms. The molecule has 0 aliphatic carbocycles. The smallest absolute Gasteiger partial charge is 0.254 e. The molecule has 3 nitrogen and oxygen atoms in total. The molecule has 18 heavy (non-hydrogen) atoms. The van der Waals surface area contributed by atoms with Crippen molar-refractivity contribution in [1.82, 2.24) is 10.3 Å². The second-order valence-electron chi connectivity index (χ2n) is 4.08. The number of pyridine rings is 1. The van der Waals surface area contributed by atoms with Crippen molar-refractivity contribution in [2.24, 2.45) is 0 Å². The fourth-order valence-corrected chi connectivity index (χ4v) is 1.93. The summed E-state index contributed by atoms with van der Waals surface area (Å²) >= 11 is 5.06. The van der Waals surface area contributed by atoms with Gasteiger partial charge in [0.05, 0.1) is 5.56 Å². The molecular weight excluding hydrogens is 244 g/mol. The minimum Gasteiger partial charge on any atom is -0.352 e. The number of amides is 1. The Morgan fingerprint density at radius 1 is 1.33 bits per heavy atom. The highest BCUT2D eigenvalue weighted by Crippen LogP contribution is 2.04. The van der Waals surface area contributed by atoms with Crippen molar-refractivity contribution in [3.63, 3.8) is 0 Å². The summed E-state index contributed by atoms with van der Waals surface area (Å²) in [5.74, 6) is -0.154. The zero-order valence-corrected chi connectivity index (χ0v) is 10.9. The standard InChI is InChI=1S/C14H14N2OS/c1-10-4-2-5-11(8-10)9-16-13(17)12-6-3-7-15-14(12)18/h2-8H,9H2,1H3,(H,15,18)(H,16,17). The molecule has 0 spiro atoms. The predicted octanol–water partition coefficient (Wildman–Crippen LogP) is 2.98. The number of nitrogens with one attached hydrogen (secondary N) is 2. The number of carbonyl (C=O) groups excluding carboxylic acids is 1. The minimum atomic E-state index is -0.154. The van der Waals surface area contributed by atoms with Gasteiger partial charge in [0.15, 0.2) is 0 Å². The van der Waals surface area contributed by atoms with Gasteiger partial charge in [-0.3, -0.25) is 4.79 Å². The van der Waals surface area contributed by atoms with Crippen molar-refractivity contribution >= 4 is 18.1 Å². The maximum Gasteiger partial charge on any atom is 0.254 e. The van der Waals surface area contributed by atoms with E-state index in [2.05, 4.69) is 10.3 Å². The molecule has 4 heteroatoms. The van der Waals surface area contributed by atoms with Crippen LogP contribution in [0.1, 0.15) is 21.5 Å². The Labute approximate surface area is 111 Å². The molecule has 0 radical (unpaired) electrons. The van der Waals surface area contributed by atoms with E-state index in [9.17, 15) is 4.79 Å². The molecule has 2 N–H and O–H groups in total. The molecule has 92 valence electrons. The lowest BCUT2D eigenvalue weighted by Crippen LogP contribution is -2.23. The van der Waals surface area contributed by atoms with Crippen LogP contribution < -0.4 is 5.32 Å². The van der Waals surface area contributed by atoms with Crippen LogP contribution in [0.15, 0.2) is 42.6 Å². The fourth-order valence-electron chi connectivity index (χ4n) is 1.70. The quantitative estimate of drug-likeness (QED) is 0.831. The van der Waals surface area contributed by atoms with E-state index in [1.54, 1.807) is 18.3 Å². The Morgan fingerprint density at radius 2 is 2.17 bits per heavy atom. The topological polar surface area (TPSA) is 44.9 Å². The van der Waals surface area contributed by atoms with Crippen LogP contribution in [-0.2, 0) is 6.54 Å². The van der Waals surface area contributed by atoms with Crippen molar-refractivity contribution < 1.29 is 4.79 Å². The maximum absolute atomic E-state index is 11.9. The number of H-pyrrole nitrogens is 1. The molecular formula is C14H14N2OS. The lowest BCUT2D eigenvalue weighted by atomic mass is 10.1. The third-order valence-electron chi connectivity index (χ3n) is 2.60. The SMILES string of the molecule is Cc1cccc(CNC(=O)c2ccc[nH]c2=S)c1. The van der Waals surface area contributed by atoms with Gasteiger partial charge in [0, 0.05) is 12.7 Å². The summed E-state index contributed by atoms with van der Waals surface area (Å²) in [6.45, 7) is 2.53. The van der Waals surface area contributed by atoms with E-state index >= 15 is 0 Å². The summed E-state index contributed by atoms with van der Waals surface area (Å²) in [6.07, 6.45) is 1.71. The van der Waals surface area contributed by atoms with Gasteiger partial charge in [-0.1, -0.05) is 42.0 Å². The van der Waals surface area contributed by atoms with E-state index < -0.39 is 0 Å². The van der Waals surface area contributed by atoms with Gasteiger partial charge in [0.2, 0.25) is 0 Å².